The molecule has 0 aliphatic carbocycles. The Morgan fingerprint density at radius 3 is 2.00 bits per heavy atom. The van der Waals surface area contributed by atoms with Crippen LogP contribution in [0.1, 0.15) is 12.8 Å². The molecule has 0 atom stereocenters. The maximum Gasteiger partial charge on any atom is 0.391 e. The van der Waals surface area contributed by atoms with Crippen LogP contribution in [-0.2, 0) is 0 Å². The van der Waals surface area contributed by atoms with Gasteiger partial charge in [-0.3, -0.25) is 5.84 Å². The van der Waals surface area contributed by atoms with Crippen LogP contribution in [-0.4, -0.2) is 24.3 Å². The van der Waals surface area contributed by atoms with Gasteiger partial charge in [-0.2, -0.15) is 13.2 Å². The first-order valence-corrected chi connectivity index (χ1v) is 3.56. The summed E-state index contributed by atoms with van der Waals surface area (Å²) in [7, 11) is 0. The Kier molecular flexibility index (Phi) is 2.39. The van der Waals surface area contributed by atoms with E-state index in [1.807, 2.05) is 0 Å². The van der Waals surface area contributed by atoms with E-state index in [0.29, 0.717) is 13.1 Å². The maximum atomic E-state index is 12.0. The van der Waals surface area contributed by atoms with Crippen molar-refractivity contribution in [3.8, 4) is 0 Å². The van der Waals surface area contributed by atoms with E-state index in [0.717, 1.165) is 0 Å². The normalized spacial score (nSPS) is 24.0. The van der Waals surface area contributed by atoms with Gasteiger partial charge in [0, 0.05) is 13.1 Å². The summed E-state index contributed by atoms with van der Waals surface area (Å²) in [6.07, 6.45) is -3.75. The van der Waals surface area contributed by atoms with Crippen LogP contribution in [0.15, 0.2) is 0 Å². The predicted octanol–water partition coefficient (Wildman–Crippen LogP) is 1.13. The van der Waals surface area contributed by atoms with E-state index in [1.165, 1.54) is 5.01 Å². The highest BCUT2D eigenvalue weighted by molar-refractivity contribution is 4.74. The number of hydrogen-bond donors (Lipinski definition) is 1. The van der Waals surface area contributed by atoms with Crippen LogP contribution in [0.4, 0.5) is 13.2 Å². The molecular weight excluding hydrogens is 157 g/mol. The van der Waals surface area contributed by atoms with Crippen molar-refractivity contribution in [1.29, 1.82) is 0 Å². The number of hydrazine groups is 1. The Morgan fingerprint density at radius 1 is 1.18 bits per heavy atom. The summed E-state index contributed by atoms with van der Waals surface area (Å²) in [5.74, 6) is 4.17. The average molecular weight is 168 g/mol. The molecule has 0 aromatic heterocycles. The summed E-state index contributed by atoms with van der Waals surface area (Å²) in [6.45, 7) is 0.703. The molecule has 0 aromatic rings. The van der Waals surface area contributed by atoms with Crippen molar-refractivity contribution in [3.05, 3.63) is 0 Å². The molecule has 0 bridgehead atoms. The first kappa shape index (κ1) is 8.80. The largest absolute Gasteiger partial charge is 0.391 e. The fraction of sp³-hybridized carbons (Fsp3) is 1.00. The van der Waals surface area contributed by atoms with Gasteiger partial charge in [0.05, 0.1) is 5.92 Å². The third-order valence-electron chi connectivity index (χ3n) is 1.99. The lowest BCUT2D eigenvalue weighted by molar-refractivity contribution is -0.185. The van der Waals surface area contributed by atoms with Gasteiger partial charge in [0.1, 0.15) is 0 Å². The van der Waals surface area contributed by atoms with Crippen molar-refractivity contribution in [2.45, 2.75) is 19.0 Å². The van der Waals surface area contributed by atoms with Gasteiger partial charge in [-0.15, -0.1) is 0 Å². The first-order valence-electron chi connectivity index (χ1n) is 3.56. The molecule has 2 nitrogen and oxygen atoms in total. The van der Waals surface area contributed by atoms with E-state index in [2.05, 4.69) is 0 Å². The second-order valence-corrected chi connectivity index (χ2v) is 2.85. The second-order valence-electron chi connectivity index (χ2n) is 2.85. The van der Waals surface area contributed by atoms with Gasteiger partial charge in [-0.05, 0) is 12.8 Å². The Bertz CT molecular complexity index is 126. The summed E-state index contributed by atoms with van der Waals surface area (Å²) < 4.78 is 36.0. The summed E-state index contributed by atoms with van der Waals surface area (Å²) in [5, 5.41) is 1.43. The van der Waals surface area contributed by atoms with E-state index >= 15 is 0 Å². The topological polar surface area (TPSA) is 29.3 Å². The van der Waals surface area contributed by atoms with E-state index in [1.54, 1.807) is 0 Å². The number of nitrogens with zero attached hydrogens (tertiary/aromatic N) is 1. The molecule has 1 rings (SSSR count). The quantitative estimate of drug-likeness (QED) is 0.549. The van der Waals surface area contributed by atoms with Crippen LogP contribution in [0.2, 0.25) is 0 Å². The predicted molar refractivity (Wildman–Crippen MR) is 34.5 cm³/mol. The minimum Gasteiger partial charge on any atom is -0.269 e. The van der Waals surface area contributed by atoms with Crippen LogP contribution in [0.5, 0.6) is 0 Å². The van der Waals surface area contributed by atoms with Crippen molar-refractivity contribution in [2.75, 3.05) is 13.1 Å². The number of piperidine rings is 1. The summed E-state index contributed by atoms with van der Waals surface area (Å²) in [5.41, 5.74) is 0. The molecule has 1 saturated heterocycles. The highest BCUT2D eigenvalue weighted by atomic mass is 19.4. The molecule has 0 spiro atoms. The standard InChI is InChI=1S/C6H11F3N2/c7-6(8,9)5-1-3-11(10)4-2-5/h5H,1-4,10H2. The average Bonchev–Trinajstić information content (AvgIpc) is 1.86. The zero-order valence-electron chi connectivity index (χ0n) is 6.06. The molecule has 1 fully saturated rings. The highest BCUT2D eigenvalue weighted by Gasteiger charge is 2.40. The lowest BCUT2D eigenvalue weighted by atomic mass is 9.97. The van der Waals surface area contributed by atoms with Gasteiger partial charge in [0.25, 0.3) is 0 Å². The van der Waals surface area contributed by atoms with Crippen molar-refractivity contribution in [3.63, 3.8) is 0 Å². The fourth-order valence-electron chi connectivity index (χ4n) is 1.23. The summed E-state index contributed by atoms with van der Waals surface area (Å²) >= 11 is 0. The molecular formula is C6H11F3N2. The Balaban J connectivity index is 2.39. The molecule has 1 aliphatic rings. The molecule has 1 heterocycles. The van der Waals surface area contributed by atoms with Gasteiger partial charge in [-0.1, -0.05) is 0 Å². The Hall–Kier alpha value is -0.290. The van der Waals surface area contributed by atoms with Crippen LogP contribution in [0.3, 0.4) is 0 Å². The zero-order chi connectivity index (χ0) is 8.48. The van der Waals surface area contributed by atoms with E-state index in [-0.39, 0.29) is 12.8 Å². The molecule has 0 unspecified atom stereocenters. The molecule has 0 saturated carbocycles. The Labute approximate surface area is 63.1 Å². The zero-order valence-corrected chi connectivity index (χ0v) is 6.06. The van der Waals surface area contributed by atoms with Crippen LogP contribution >= 0.6 is 0 Å². The smallest absolute Gasteiger partial charge is 0.269 e. The van der Waals surface area contributed by atoms with E-state index in [9.17, 15) is 13.2 Å². The molecule has 2 N–H and O–H groups in total. The number of halogens is 3. The van der Waals surface area contributed by atoms with Crippen LogP contribution in [0.25, 0.3) is 0 Å². The van der Waals surface area contributed by atoms with E-state index < -0.39 is 12.1 Å². The number of hydrogen-bond acceptors (Lipinski definition) is 2. The molecule has 0 aromatic carbocycles. The monoisotopic (exact) mass is 168 g/mol. The van der Waals surface area contributed by atoms with Gasteiger partial charge in [0.2, 0.25) is 0 Å². The highest BCUT2D eigenvalue weighted by Crippen LogP contribution is 2.33. The van der Waals surface area contributed by atoms with E-state index in [4.69, 9.17) is 5.84 Å². The Morgan fingerprint density at radius 2 is 1.64 bits per heavy atom. The summed E-state index contributed by atoms with van der Waals surface area (Å²) in [6, 6.07) is 0. The molecule has 0 amide bonds. The van der Waals surface area contributed by atoms with Crippen molar-refractivity contribution >= 4 is 0 Å². The van der Waals surface area contributed by atoms with Crippen molar-refractivity contribution < 1.29 is 13.2 Å². The number of rotatable bonds is 0. The third-order valence-corrected chi connectivity index (χ3v) is 1.99. The second kappa shape index (κ2) is 2.98. The van der Waals surface area contributed by atoms with Crippen LogP contribution < -0.4 is 5.84 Å². The lowest BCUT2D eigenvalue weighted by Crippen LogP contribution is -2.42. The fourth-order valence-corrected chi connectivity index (χ4v) is 1.23. The molecule has 1 aliphatic heterocycles. The third kappa shape index (κ3) is 2.34. The minimum absolute atomic E-state index is 0.139. The molecule has 66 valence electrons. The van der Waals surface area contributed by atoms with Gasteiger partial charge >= 0.3 is 6.18 Å². The number of alkyl halides is 3. The van der Waals surface area contributed by atoms with Crippen molar-refractivity contribution in [2.24, 2.45) is 11.8 Å². The molecule has 5 heteroatoms. The lowest BCUT2D eigenvalue weighted by Gasteiger charge is -2.29. The van der Waals surface area contributed by atoms with Gasteiger partial charge in [-0.25, -0.2) is 5.01 Å². The molecule has 0 radical (unpaired) electrons. The number of nitrogens with two attached hydrogens (primary N) is 1. The minimum atomic E-state index is -4.03. The molecule has 11 heavy (non-hydrogen) atoms. The van der Waals surface area contributed by atoms with Gasteiger partial charge in [0.15, 0.2) is 0 Å². The van der Waals surface area contributed by atoms with Crippen molar-refractivity contribution in [1.82, 2.24) is 5.01 Å². The van der Waals surface area contributed by atoms with Crippen LogP contribution in [0, 0.1) is 5.92 Å². The first-order chi connectivity index (χ1) is 5.00. The SMILES string of the molecule is NN1CCC(C(F)(F)F)CC1. The maximum absolute atomic E-state index is 12.0. The summed E-state index contributed by atoms with van der Waals surface area (Å²) in [4.78, 5) is 0. The van der Waals surface area contributed by atoms with Gasteiger partial charge < -0.3 is 0 Å².